The van der Waals surface area contributed by atoms with Crippen molar-refractivity contribution in [3.63, 3.8) is 0 Å². The molecule has 26 heavy (non-hydrogen) atoms. The molecule has 0 atom stereocenters. The Balaban J connectivity index is 0. The van der Waals surface area contributed by atoms with E-state index in [1.54, 1.807) is 0 Å². The van der Waals surface area contributed by atoms with Crippen LogP contribution in [0.25, 0.3) is 0 Å². The van der Waals surface area contributed by atoms with Crippen molar-refractivity contribution in [3.8, 4) is 0 Å². The molecule has 0 radical (unpaired) electrons. The number of rotatable bonds is 18. The zero-order chi connectivity index (χ0) is 18.6. The molecule has 0 amide bonds. The molecule has 4 nitrogen and oxygen atoms in total. The zero-order valence-corrected chi connectivity index (χ0v) is 16.3. The first kappa shape index (κ1) is 28.3. The molecule has 0 rings (SSSR count). The van der Waals surface area contributed by atoms with Crippen molar-refractivity contribution in [3.05, 3.63) is 12.2 Å². The topological polar surface area (TPSA) is 66.8 Å². The summed E-state index contributed by atoms with van der Waals surface area (Å²) in [4.78, 5) is 11.5. The second kappa shape index (κ2) is 23.2. The third-order valence-corrected chi connectivity index (χ3v) is 4.35. The van der Waals surface area contributed by atoms with E-state index in [1.807, 2.05) is 0 Å². The number of carbonyl (C=O) groups is 1. The molecule has 5 heteroatoms. The Hall–Kier alpha value is 0.130. The summed E-state index contributed by atoms with van der Waals surface area (Å²) in [6.45, 7) is 1.60. The number of hydrogen-bond donors (Lipinski definition) is 2. The molecule has 0 aliphatic heterocycles. The fourth-order valence-electron chi connectivity index (χ4n) is 2.72. The SMILES string of the molecule is CCCCCCCC/C=C\CCCCCCCC(=O)OC(CO)CO.[NaH]. The molecule has 0 saturated carbocycles. The van der Waals surface area contributed by atoms with Gasteiger partial charge in [-0.1, -0.05) is 70.4 Å². The Morgan fingerprint density at radius 3 is 1.77 bits per heavy atom. The summed E-state index contributed by atoms with van der Waals surface area (Å²) in [5.74, 6) is -0.328. The molecule has 0 spiro atoms. The molecular weight excluding hydrogens is 339 g/mol. The number of ether oxygens (including phenoxy) is 1. The van der Waals surface area contributed by atoms with Gasteiger partial charge in [-0.25, -0.2) is 0 Å². The van der Waals surface area contributed by atoms with E-state index in [4.69, 9.17) is 14.9 Å². The second-order valence-corrected chi connectivity index (χ2v) is 6.81. The molecule has 2 N–H and O–H groups in total. The van der Waals surface area contributed by atoms with Crippen LogP contribution in [0.2, 0.25) is 0 Å². The fourth-order valence-corrected chi connectivity index (χ4v) is 2.72. The average molecular weight is 381 g/mol. The van der Waals surface area contributed by atoms with E-state index >= 15 is 0 Å². The first-order chi connectivity index (χ1) is 12.2. The van der Waals surface area contributed by atoms with Crippen molar-refractivity contribution in [2.45, 2.75) is 103 Å². The van der Waals surface area contributed by atoms with Crippen molar-refractivity contribution >= 4 is 35.5 Å². The van der Waals surface area contributed by atoms with Gasteiger partial charge in [-0.15, -0.1) is 0 Å². The van der Waals surface area contributed by atoms with Crippen LogP contribution in [0.15, 0.2) is 12.2 Å². The van der Waals surface area contributed by atoms with Crippen molar-refractivity contribution < 1.29 is 19.7 Å². The van der Waals surface area contributed by atoms with Gasteiger partial charge in [-0.2, -0.15) is 0 Å². The van der Waals surface area contributed by atoms with E-state index in [2.05, 4.69) is 19.1 Å². The zero-order valence-electron chi connectivity index (χ0n) is 16.3. The first-order valence-electron chi connectivity index (χ1n) is 10.3. The summed E-state index contributed by atoms with van der Waals surface area (Å²) >= 11 is 0. The van der Waals surface area contributed by atoms with Crippen molar-refractivity contribution in [2.24, 2.45) is 0 Å². The molecule has 150 valence electrons. The Bertz CT molecular complexity index is 317. The number of aliphatic hydroxyl groups is 2. The van der Waals surface area contributed by atoms with Crippen LogP contribution in [-0.4, -0.2) is 65.1 Å². The summed E-state index contributed by atoms with van der Waals surface area (Å²) in [5, 5.41) is 17.7. The molecule has 0 aromatic heterocycles. The minimum absolute atomic E-state index is 0. The number of allylic oxidation sites excluding steroid dienone is 2. The van der Waals surface area contributed by atoms with Gasteiger partial charge in [0.25, 0.3) is 0 Å². The van der Waals surface area contributed by atoms with Crippen molar-refractivity contribution in [1.82, 2.24) is 0 Å². The maximum absolute atomic E-state index is 11.5. The normalized spacial score (nSPS) is 11.1. The van der Waals surface area contributed by atoms with Gasteiger partial charge < -0.3 is 14.9 Å². The Morgan fingerprint density at radius 2 is 1.27 bits per heavy atom. The van der Waals surface area contributed by atoms with Crippen LogP contribution < -0.4 is 0 Å². The predicted octanol–water partition coefficient (Wildman–Crippen LogP) is 4.27. The van der Waals surface area contributed by atoms with E-state index in [1.165, 1.54) is 57.8 Å². The van der Waals surface area contributed by atoms with Gasteiger partial charge in [0.05, 0.1) is 13.2 Å². The summed E-state index contributed by atoms with van der Waals surface area (Å²) in [7, 11) is 0. The van der Waals surface area contributed by atoms with Gasteiger partial charge in [-0.05, 0) is 32.1 Å². The summed E-state index contributed by atoms with van der Waals surface area (Å²) in [6, 6.07) is 0. The molecular formula is C21H41NaO4. The van der Waals surface area contributed by atoms with Crippen molar-refractivity contribution in [1.29, 1.82) is 0 Å². The molecule has 0 aliphatic carbocycles. The second-order valence-electron chi connectivity index (χ2n) is 6.81. The fraction of sp³-hybridized carbons (Fsp3) is 0.857. The van der Waals surface area contributed by atoms with E-state index in [0.29, 0.717) is 6.42 Å². The van der Waals surface area contributed by atoms with E-state index < -0.39 is 6.10 Å². The van der Waals surface area contributed by atoms with Gasteiger partial charge in [-0.3, -0.25) is 4.79 Å². The van der Waals surface area contributed by atoms with E-state index in [9.17, 15) is 4.79 Å². The summed E-state index contributed by atoms with van der Waals surface area (Å²) in [6.07, 6.45) is 20.2. The number of carbonyl (C=O) groups excluding carboxylic acids is 1. The van der Waals surface area contributed by atoms with Gasteiger partial charge >= 0.3 is 35.5 Å². The van der Waals surface area contributed by atoms with Crippen LogP contribution in [0.5, 0.6) is 0 Å². The quantitative estimate of drug-likeness (QED) is 0.161. The average Bonchev–Trinajstić information content (AvgIpc) is 2.62. The van der Waals surface area contributed by atoms with Crippen LogP contribution in [0.3, 0.4) is 0 Å². The Kier molecular flexibility index (Phi) is 25.3. The summed E-state index contributed by atoms with van der Waals surface area (Å²) < 4.78 is 4.92. The predicted molar refractivity (Wildman–Crippen MR) is 111 cm³/mol. The third kappa shape index (κ3) is 20.4. The number of hydrogen-bond acceptors (Lipinski definition) is 4. The van der Waals surface area contributed by atoms with Crippen molar-refractivity contribution in [2.75, 3.05) is 13.2 Å². The molecule has 0 aromatic carbocycles. The summed E-state index contributed by atoms with van der Waals surface area (Å²) in [5.41, 5.74) is 0. The van der Waals surface area contributed by atoms with Crippen LogP contribution in [0.1, 0.15) is 96.8 Å². The van der Waals surface area contributed by atoms with Gasteiger partial charge in [0, 0.05) is 6.42 Å². The molecule has 0 aromatic rings. The van der Waals surface area contributed by atoms with Gasteiger partial charge in [0.1, 0.15) is 6.10 Å². The first-order valence-corrected chi connectivity index (χ1v) is 10.3. The van der Waals surface area contributed by atoms with Crippen LogP contribution in [-0.2, 0) is 9.53 Å². The van der Waals surface area contributed by atoms with Crippen LogP contribution >= 0.6 is 0 Å². The minimum atomic E-state index is -0.768. The molecule has 0 bridgehead atoms. The van der Waals surface area contributed by atoms with Crippen LogP contribution in [0.4, 0.5) is 0 Å². The van der Waals surface area contributed by atoms with Gasteiger partial charge in [0.2, 0.25) is 0 Å². The monoisotopic (exact) mass is 380 g/mol. The number of esters is 1. The van der Waals surface area contributed by atoms with E-state index in [-0.39, 0.29) is 48.7 Å². The number of unbranched alkanes of at least 4 members (excludes halogenated alkanes) is 11. The molecule has 0 unspecified atom stereocenters. The standard InChI is InChI=1S/C21H40O4.Na.H/c1-2-3-4-5-6-7-8-9-10-11-12-13-14-15-16-17-21(24)25-20(18-22)19-23;;/h9-10,20,22-23H,2-8,11-19H2,1H3;;/b10-9-;;. The Labute approximate surface area is 183 Å². The maximum atomic E-state index is 11.5. The van der Waals surface area contributed by atoms with E-state index in [0.717, 1.165) is 25.7 Å². The van der Waals surface area contributed by atoms with Crippen LogP contribution in [0, 0.1) is 0 Å². The van der Waals surface area contributed by atoms with Gasteiger partial charge in [0.15, 0.2) is 0 Å². The molecule has 0 heterocycles. The third-order valence-electron chi connectivity index (χ3n) is 4.35. The molecule has 0 saturated heterocycles. The number of aliphatic hydroxyl groups excluding tert-OH is 2. The Morgan fingerprint density at radius 1 is 0.808 bits per heavy atom. The molecule has 0 fully saturated rings. The molecule has 0 aliphatic rings.